The van der Waals surface area contributed by atoms with Gasteiger partial charge in [-0.15, -0.1) is 0 Å². The minimum Gasteiger partial charge on any atom is -0.458 e. The van der Waals surface area contributed by atoms with E-state index in [1.807, 2.05) is 12.2 Å². The Bertz CT molecular complexity index is 615. The summed E-state index contributed by atoms with van der Waals surface area (Å²) >= 11 is 0. The number of hydrogen-bond acceptors (Lipinski definition) is 3. The average Bonchev–Trinajstić information content (AvgIpc) is 3.06. The lowest BCUT2D eigenvalue weighted by Gasteiger charge is -2.13. The van der Waals surface area contributed by atoms with Crippen LogP contribution < -0.4 is 0 Å². The molecule has 0 saturated heterocycles. The fraction of sp³-hybridized carbons (Fsp3) is 0.932. The number of hydrogen-bond donors (Lipinski definition) is 1. The normalized spacial score (nSPS) is 12.3. The second-order valence-corrected chi connectivity index (χ2v) is 14.9. The molecule has 0 aromatic heterocycles. The van der Waals surface area contributed by atoms with Crippen molar-refractivity contribution < 1.29 is 14.6 Å². The number of aliphatic hydroxyl groups is 1. The highest BCUT2D eigenvalue weighted by Crippen LogP contribution is 2.18. The van der Waals surface area contributed by atoms with Crippen molar-refractivity contribution in [2.24, 2.45) is 0 Å². The summed E-state index contributed by atoms with van der Waals surface area (Å²) in [5, 5.41) is 8.91. The average molecular weight is 663 g/mol. The molecule has 0 aromatic carbocycles. The van der Waals surface area contributed by atoms with Crippen LogP contribution in [0.15, 0.2) is 12.2 Å². The van der Waals surface area contributed by atoms with E-state index in [0.717, 1.165) is 12.8 Å². The van der Waals surface area contributed by atoms with E-state index in [2.05, 4.69) is 6.92 Å². The van der Waals surface area contributed by atoms with E-state index in [-0.39, 0.29) is 18.7 Å². The first-order chi connectivity index (χ1) is 23.2. The van der Waals surface area contributed by atoms with Crippen molar-refractivity contribution in [2.75, 3.05) is 6.61 Å². The van der Waals surface area contributed by atoms with E-state index >= 15 is 0 Å². The zero-order valence-electron chi connectivity index (χ0n) is 32.4. The molecule has 0 aromatic rings. The molecule has 0 saturated carbocycles. The van der Waals surface area contributed by atoms with Gasteiger partial charge >= 0.3 is 5.97 Å². The zero-order chi connectivity index (χ0) is 34.1. The third kappa shape index (κ3) is 41.3. The van der Waals surface area contributed by atoms with Crippen LogP contribution in [0.3, 0.4) is 0 Å². The minimum atomic E-state index is -0.222. The molecule has 0 aliphatic carbocycles. The summed E-state index contributed by atoms with van der Waals surface area (Å²) in [4.78, 5) is 11.3. The summed E-state index contributed by atoms with van der Waals surface area (Å²) in [6.45, 7) is 3.92. The highest BCUT2D eigenvalue weighted by atomic mass is 16.5. The van der Waals surface area contributed by atoms with Gasteiger partial charge in [-0.2, -0.15) is 0 Å². The van der Waals surface area contributed by atoms with Gasteiger partial charge in [-0.25, -0.2) is 0 Å². The summed E-state index contributed by atoms with van der Waals surface area (Å²) in [6, 6.07) is 0. The van der Waals surface area contributed by atoms with Crippen molar-refractivity contribution >= 4 is 5.97 Å². The summed E-state index contributed by atoms with van der Waals surface area (Å²) < 4.78 is 5.36. The molecule has 0 amide bonds. The van der Waals surface area contributed by atoms with Crippen LogP contribution in [0.1, 0.15) is 251 Å². The molecule has 1 unspecified atom stereocenters. The number of rotatable bonds is 40. The maximum absolute atomic E-state index is 11.3. The lowest BCUT2D eigenvalue weighted by atomic mass is 10.0. The second kappa shape index (κ2) is 41.3. The molecular weight excluding hydrogens is 576 g/mol. The predicted octanol–water partition coefficient (Wildman–Crippen LogP) is 14.9. The summed E-state index contributed by atoms with van der Waals surface area (Å²) in [5.74, 6) is -0.222. The van der Waals surface area contributed by atoms with Crippen LogP contribution >= 0.6 is 0 Å². The van der Waals surface area contributed by atoms with Crippen LogP contribution in [-0.4, -0.2) is 23.8 Å². The van der Waals surface area contributed by atoms with Crippen LogP contribution in [0, 0.1) is 0 Å². The van der Waals surface area contributed by atoms with Gasteiger partial charge in [0.15, 0.2) is 0 Å². The Hall–Kier alpha value is -0.830. The first kappa shape index (κ1) is 46.2. The third-order valence-corrected chi connectivity index (χ3v) is 10.1. The Labute approximate surface area is 296 Å². The molecule has 47 heavy (non-hydrogen) atoms. The maximum atomic E-state index is 11.3. The monoisotopic (exact) mass is 663 g/mol. The first-order valence-electron chi connectivity index (χ1n) is 21.7. The third-order valence-electron chi connectivity index (χ3n) is 10.1. The number of esters is 1. The lowest BCUT2D eigenvalue weighted by molar-refractivity contribution is -0.144. The molecule has 0 fully saturated rings. The first-order valence-corrected chi connectivity index (χ1v) is 21.7. The second-order valence-electron chi connectivity index (χ2n) is 14.9. The highest BCUT2D eigenvalue weighted by molar-refractivity contribution is 5.66. The lowest BCUT2D eigenvalue weighted by Crippen LogP contribution is -2.13. The molecule has 0 rings (SSSR count). The fourth-order valence-corrected chi connectivity index (χ4v) is 6.98. The molecule has 0 aliphatic rings. The van der Waals surface area contributed by atoms with E-state index in [1.165, 1.54) is 225 Å². The Morgan fingerprint density at radius 2 is 0.723 bits per heavy atom. The summed E-state index contributed by atoms with van der Waals surface area (Å²) in [5.41, 5.74) is 0. The molecule has 0 spiro atoms. The highest BCUT2D eigenvalue weighted by Gasteiger charge is 2.07. The van der Waals surface area contributed by atoms with Gasteiger partial charge in [0.05, 0.1) is 0 Å². The van der Waals surface area contributed by atoms with Gasteiger partial charge in [-0.1, -0.05) is 231 Å². The van der Waals surface area contributed by atoms with Crippen LogP contribution in [0.25, 0.3) is 0 Å². The minimum absolute atomic E-state index is 0.132. The van der Waals surface area contributed by atoms with Crippen molar-refractivity contribution in [1.82, 2.24) is 0 Å². The zero-order valence-corrected chi connectivity index (χ0v) is 32.4. The van der Waals surface area contributed by atoms with Gasteiger partial charge in [0.2, 0.25) is 0 Å². The van der Waals surface area contributed by atoms with Gasteiger partial charge in [-0.05, 0) is 25.3 Å². The maximum Gasteiger partial charge on any atom is 0.303 e. The van der Waals surface area contributed by atoms with Crippen molar-refractivity contribution in [3.63, 3.8) is 0 Å². The van der Waals surface area contributed by atoms with Gasteiger partial charge in [0, 0.05) is 13.5 Å². The summed E-state index contributed by atoms with van der Waals surface area (Å²) in [6.07, 6.45) is 55.3. The van der Waals surface area contributed by atoms with E-state index in [4.69, 9.17) is 9.84 Å². The van der Waals surface area contributed by atoms with Crippen LogP contribution in [0.4, 0.5) is 0 Å². The Balaban J connectivity index is 3.18. The summed E-state index contributed by atoms with van der Waals surface area (Å²) in [7, 11) is 0. The topological polar surface area (TPSA) is 46.5 Å². The van der Waals surface area contributed by atoms with Crippen LogP contribution in [0.5, 0.6) is 0 Å². The largest absolute Gasteiger partial charge is 0.458 e. The van der Waals surface area contributed by atoms with Crippen molar-refractivity contribution in [2.45, 2.75) is 258 Å². The quantitative estimate of drug-likeness (QED) is 0.0403. The van der Waals surface area contributed by atoms with Crippen molar-refractivity contribution in [1.29, 1.82) is 0 Å². The molecule has 1 N–H and O–H groups in total. The molecule has 280 valence electrons. The molecule has 0 heterocycles. The van der Waals surface area contributed by atoms with Gasteiger partial charge in [0.25, 0.3) is 0 Å². The number of aliphatic hydroxyl groups excluding tert-OH is 1. The number of carbonyl (C=O) groups excluding carboxylic acids is 1. The van der Waals surface area contributed by atoms with Crippen molar-refractivity contribution in [3.05, 3.63) is 12.2 Å². The molecule has 3 nitrogen and oxygen atoms in total. The standard InChI is InChI=1S/C44H86O3/c1-3-4-5-6-7-8-9-10-11-12-13-14-15-16-17-18-19-20-21-22-23-24-25-26-27-28-29-30-31-32-33-34-35-36-37-40-44(47-43(2)46)41-38-39-42-45/h38,41,44-45H,3-37,39-40,42H2,1-2H3/b41-38+. The molecule has 0 aliphatic heterocycles. The number of ether oxygens (including phenoxy) is 1. The number of unbranched alkanes of at least 4 members (excludes halogenated alkanes) is 34. The van der Waals surface area contributed by atoms with Crippen molar-refractivity contribution in [3.8, 4) is 0 Å². The van der Waals surface area contributed by atoms with Gasteiger partial charge in [0.1, 0.15) is 6.10 Å². The molecular formula is C44H86O3. The fourth-order valence-electron chi connectivity index (χ4n) is 6.98. The number of carbonyl (C=O) groups is 1. The van der Waals surface area contributed by atoms with E-state index < -0.39 is 0 Å². The molecule has 0 bridgehead atoms. The van der Waals surface area contributed by atoms with E-state index in [1.54, 1.807) is 0 Å². The van der Waals surface area contributed by atoms with Gasteiger partial charge < -0.3 is 9.84 Å². The van der Waals surface area contributed by atoms with Crippen LogP contribution in [0.2, 0.25) is 0 Å². The Morgan fingerprint density at radius 1 is 0.468 bits per heavy atom. The Kier molecular flexibility index (Phi) is 40.6. The van der Waals surface area contributed by atoms with E-state index in [0.29, 0.717) is 6.42 Å². The molecule has 1 atom stereocenters. The van der Waals surface area contributed by atoms with Gasteiger partial charge in [-0.3, -0.25) is 4.79 Å². The van der Waals surface area contributed by atoms with Crippen LogP contribution in [-0.2, 0) is 9.53 Å². The Morgan fingerprint density at radius 3 is 0.957 bits per heavy atom. The molecule has 3 heteroatoms. The van der Waals surface area contributed by atoms with E-state index in [9.17, 15) is 4.79 Å². The molecule has 0 radical (unpaired) electrons. The SMILES string of the molecule is CCCCCCCCCCCCCCCCCCCCCCCCCCCCCCCCCCCCCC(/C=C/CCO)OC(C)=O. The smallest absolute Gasteiger partial charge is 0.303 e. The predicted molar refractivity (Wildman–Crippen MR) is 208 cm³/mol.